The van der Waals surface area contributed by atoms with E-state index in [1.54, 1.807) is 24.3 Å². The quantitative estimate of drug-likeness (QED) is 0.608. The number of carbonyl (C=O) groups is 4. The number of anilines is 2. The maximum absolute atomic E-state index is 12.5. The highest BCUT2D eigenvalue weighted by atomic mass is 16.5. The van der Waals surface area contributed by atoms with E-state index in [0.717, 1.165) is 0 Å². The molecule has 1 aliphatic heterocycles. The highest BCUT2D eigenvalue weighted by Crippen LogP contribution is 2.26. The minimum absolute atomic E-state index is 0.187. The molecule has 1 aliphatic rings. The van der Waals surface area contributed by atoms with Crippen molar-refractivity contribution in [1.82, 2.24) is 5.32 Å². The Morgan fingerprint density at radius 2 is 1.93 bits per heavy atom. The second kappa shape index (κ2) is 7.78. The van der Waals surface area contributed by atoms with Gasteiger partial charge in [0.2, 0.25) is 17.7 Å². The van der Waals surface area contributed by atoms with Crippen LogP contribution in [0, 0.1) is 0 Å². The monoisotopic (exact) mass is 382 g/mol. The van der Waals surface area contributed by atoms with Crippen LogP contribution in [0.4, 0.5) is 11.4 Å². The molecule has 5 N–H and O–H groups in total. The largest absolute Gasteiger partial charge is 0.495 e. The number of fused-ring (bicyclic) bond motifs is 1. The van der Waals surface area contributed by atoms with E-state index in [1.807, 2.05) is 0 Å². The minimum atomic E-state index is -1.06. The minimum Gasteiger partial charge on any atom is -0.495 e. The van der Waals surface area contributed by atoms with Crippen LogP contribution < -0.4 is 26.4 Å². The summed E-state index contributed by atoms with van der Waals surface area (Å²) in [5.74, 6) is -1.86. The molecule has 144 valence electrons. The number of nitrogens with one attached hydrogen (secondary N) is 3. The van der Waals surface area contributed by atoms with Gasteiger partial charge in [-0.2, -0.15) is 0 Å². The Balaban J connectivity index is 1.75. The molecule has 4 amide bonds. The van der Waals surface area contributed by atoms with Gasteiger partial charge in [-0.1, -0.05) is 12.1 Å². The molecule has 0 saturated heterocycles. The summed E-state index contributed by atoms with van der Waals surface area (Å²) < 4.78 is 5.16. The van der Waals surface area contributed by atoms with E-state index in [9.17, 15) is 19.2 Å². The van der Waals surface area contributed by atoms with Gasteiger partial charge >= 0.3 is 0 Å². The van der Waals surface area contributed by atoms with Gasteiger partial charge < -0.3 is 26.4 Å². The summed E-state index contributed by atoms with van der Waals surface area (Å²) in [6, 6.07) is 9.82. The zero-order valence-corrected chi connectivity index (χ0v) is 14.9. The first-order valence-electron chi connectivity index (χ1n) is 8.37. The lowest BCUT2D eigenvalue weighted by molar-refractivity contribution is -0.122. The molecule has 9 heteroatoms. The molecular formula is C19H18N4O5. The first-order chi connectivity index (χ1) is 13.4. The number of nitrogens with two attached hydrogens (primary N) is 1. The highest BCUT2D eigenvalue weighted by Gasteiger charge is 2.29. The Morgan fingerprint density at radius 1 is 1.18 bits per heavy atom. The number of rotatable bonds is 5. The second-order valence-corrected chi connectivity index (χ2v) is 6.09. The maximum Gasteiger partial charge on any atom is 0.254 e. The molecule has 0 bridgehead atoms. The number of amides is 4. The van der Waals surface area contributed by atoms with E-state index in [0.29, 0.717) is 17.0 Å². The standard InChI is InChI=1S/C19H18N4O5/c1-28-15-7-6-10(17(20)25)8-13(15)21-16(24)9-14-19(27)22-12-5-3-2-4-11(12)18(26)23-14/h2-8,14H,9H2,1H3,(H2,20,25)(H,21,24)(H,22,27)(H,23,26). The van der Waals surface area contributed by atoms with Crippen molar-refractivity contribution in [3.05, 3.63) is 53.6 Å². The van der Waals surface area contributed by atoms with Gasteiger partial charge in [0.15, 0.2) is 0 Å². The fourth-order valence-electron chi connectivity index (χ4n) is 2.80. The van der Waals surface area contributed by atoms with E-state index < -0.39 is 29.7 Å². The maximum atomic E-state index is 12.5. The third-order valence-electron chi connectivity index (χ3n) is 4.20. The van der Waals surface area contributed by atoms with Crippen LogP contribution in [0.15, 0.2) is 42.5 Å². The van der Waals surface area contributed by atoms with Crippen molar-refractivity contribution in [2.24, 2.45) is 5.73 Å². The van der Waals surface area contributed by atoms with Crippen LogP contribution in [-0.2, 0) is 9.59 Å². The van der Waals surface area contributed by atoms with Gasteiger partial charge in [-0.05, 0) is 30.3 Å². The number of benzene rings is 2. The zero-order valence-electron chi connectivity index (χ0n) is 14.9. The number of primary amides is 1. The molecule has 3 rings (SSSR count). The van der Waals surface area contributed by atoms with Crippen LogP contribution in [0.25, 0.3) is 0 Å². The molecule has 2 aromatic carbocycles. The van der Waals surface area contributed by atoms with Crippen molar-refractivity contribution < 1.29 is 23.9 Å². The van der Waals surface area contributed by atoms with Crippen LogP contribution >= 0.6 is 0 Å². The van der Waals surface area contributed by atoms with E-state index in [2.05, 4.69) is 16.0 Å². The molecule has 9 nitrogen and oxygen atoms in total. The Hall–Kier alpha value is -3.88. The molecule has 1 heterocycles. The van der Waals surface area contributed by atoms with Crippen molar-refractivity contribution >= 4 is 35.0 Å². The fraction of sp³-hybridized carbons (Fsp3) is 0.158. The molecule has 0 aromatic heterocycles. The second-order valence-electron chi connectivity index (χ2n) is 6.09. The van der Waals surface area contributed by atoms with Crippen molar-refractivity contribution in [2.75, 3.05) is 17.7 Å². The highest BCUT2D eigenvalue weighted by molar-refractivity contribution is 6.11. The molecular weight excluding hydrogens is 364 g/mol. The Labute approximate surface area is 160 Å². The van der Waals surface area contributed by atoms with E-state index in [1.165, 1.54) is 25.3 Å². The van der Waals surface area contributed by atoms with Crippen molar-refractivity contribution in [2.45, 2.75) is 12.5 Å². The summed E-state index contributed by atoms with van der Waals surface area (Å²) in [7, 11) is 1.41. The number of ether oxygens (including phenoxy) is 1. The lowest BCUT2D eigenvalue weighted by Crippen LogP contribution is -2.43. The van der Waals surface area contributed by atoms with Crippen molar-refractivity contribution in [3.63, 3.8) is 0 Å². The predicted octanol–water partition coefficient (Wildman–Crippen LogP) is 0.873. The fourth-order valence-corrected chi connectivity index (χ4v) is 2.80. The van der Waals surface area contributed by atoms with Gasteiger partial charge in [0, 0.05) is 5.56 Å². The number of hydrogen-bond donors (Lipinski definition) is 4. The van der Waals surface area contributed by atoms with E-state index in [-0.39, 0.29) is 17.7 Å². The summed E-state index contributed by atoms with van der Waals surface area (Å²) in [6.45, 7) is 0. The third-order valence-corrected chi connectivity index (χ3v) is 4.20. The molecule has 28 heavy (non-hydrogen) atoms. The van der Waals surface area contributed by atoms with Crippen LogP contribution in [0.5, 0.6) is 5.75 Å². The molecule has 1 unspecified atom stereocenters. The van der Waals surface area contributed by atoms with Gasteiger partial charge in [-0.25, -0.2) is 0 Å². The van der Waals surface area contributed by atoms with Crippen LogP contribution in [0.3, 0.4) is 0 Å². The average Bonchev–Trinajstić information content (AvgIpc) is 2.78. The lowest BCUT2D eigenvalue weighted by Gasteiger charge is -2.16. The number of methoxy groups -OCH3 is 1. The summed E-state index contributed by atoms with van der Waals surface area (Å²) in [4.78, 5) is 48.5. The molecule has 2 aromatic rings. The summed E-state index contributed by atoms with van der Waals surface area (Å²) >= 11 is 0. The summed E-state index contributed by atoms with van der Waals surface area (Å²) in [6.07, 6.45) is -0.310. The molecule has 0 radical (unpaired) electrons. The smallest absolute Gasteiger partial charge is 0.254 e. The van der Waals surface area contributed by atoms with Crippen LogP contribution in [0.2, 0.25) is 0 Å². The van der Waals surface area contributed by atoms with Crippen LogP contribution in [0.1, 0.15) is 27.1 Å². The normalized spacial score (nSPS) is 15.5. The number of para-hydroxylation sites is 1. The van der Waals surface area contributed by atoms with Crippen molar-refractivity contribution in [1.29, 1.82) is 0 Å². The van der Waals surface area contributed by atoms with E-state index in [4.69, 9.17) is 10.5 Å². The Morgan fingerprint density at radius 3 is 2.64 bits per heavy atom. The van der Waals surface area contributed by atoms with Gasteiger partial charge in [0.05, 0.1) is 30.5 Å². The number of carbonyl (C=O) groups excluding carboxylic acids is 4. The van der Waals surface area contributed by atoms with E-state index >= 15 is 0 Å². The SMILES string of the molecule is COc1ccc(C(N)=O)cc1NC(=O)CC1NC(=O)c2ccccc2NC1=O. The van der Waals surface area contributed by atoms with Crippen LogP contribution in [-0.4, -0.2) is 36.8 Å². The third kappa shape index (κ3) is 3.93. The molecule has 0 aliphatic carbocycles. The zero-order chi connectivity index (χ0) is 20.3. The Bertz CT molecular complexity index is 973. The summed E-state index contributed by atoms with van der Waals surface area (Å²) in [5, 5.41) is 7.75. The van der Waals surface area contributed by atoms with Gasteiger partial charge in [-0.3, -0.25) is 19.2 Å². The molecule has 0 saturated carbocycles. The van der Waals surface area contributed by atoms with Crippen molar-refractivity contribution in [3.8, 4) is 5.75 Å². The topological polar surface area (TPSA) is 140 Å². The van der Waals surface area contributed by atoms with Gasteiger partial charge in [0.25, 0.3) is 5.91 Å². The first kappa shape index (κ1) is 18.9. The average molecular weight is 382 g/mol. The van der Waals surface area contributed by atoms with Gasteiger partial charge in [0.1, 0.15) is 11.8 Å². The lowest BCUT2D eigenvalue weighted by atomic mass is 10.1. The Kier molecular flexibility index (Phi) is 5.25. The molecule has 0 fully saturated rings. The molecule has 1 atom stereocenters. The predicted molar refractivity (Wildman–Crippen MR) is 101 cm³/mol. The van der Waals surface area contributed by atoms with Gasteiger partial charge in [-0.15, -0.1) is 0 Å². The summed E-state index contributed by atoms with van der Waals surface area (Å²) in [5.41, 5.74) is 6.36. The molecule has 0 spiro atoms. The first-order valence-corrected chi connectivity index (χ1v) is 8.37. The number of hydrogen-bond acceptors (Lipinski definition) is 5.